The van der Waals surface area contributed by atoms with Crippen LogP contribution in [0, 0.1) is 0 Å². The van der Waals surface area contributed by atoms with Crippen LogP contribution in [-0.4, -0.2) is 55.1 Å². The number of aliphatic imine (C=N–C) groups is 1. The fraction of sp³-hybridized carbons (Fsp3) is 0.571. The summed E-state index contributed by atoms with van der Waals surface area (Å²) in [7, 11) is 3.51. The van der Waals surface area contributed by atoms with E-state index in [2.05, 4.69) is 20.2 Å². The quantitative estimate of drug-likeness (QED) is 0.405. The van der Waals surface area contributed by atoms with Crippen LogP contribution in [-0.2, 0) is 11.3 Å². The van der Waals surface area contributed by atoms with Gasteiger partial charge in [0, 0.05) is 52.5 Å². The molecule has 21 heavy (non-hydrogen) atoms. The number of carbonyl (C=O) groups excluding carboxylic acids is 1. The van der Waals surface area contributed by atoms with Gasteiger partial charge in [-0.2, -0.15) is 0 Å². The Labute approximate surface area is 144 Å². The smallest absolute Gasteiger partial charge is 0.223 e. The van der Waals surface area contributed by atoms with Gasteiger partial charge >= 0.3 is 0 Å². The third-order valence-electron chi connectivity index (χ3n) is 2.77. The first kappa shape index (κ1) is 19.8. The minimum atomic E-state index is 0. The Morgan fingerprint density at radius 3 is 2.48 bits per heavy atom. The highest BCUT2D eigenvalue weighted by Crippen LogP contribution is 1.90. The van der Waals surface area contributed by atoms with Crippen molar-refractivity contribution in [2.45, 2.75) is 19.9 Å². The van der Waals surface area contributed by atoms with E-state index in [1.807, 2.05) is 31.5 Å². The largest absolute Gasteiger partial charge is 0.357 e. The van der Waals surface area contributed by atoms with Crippen LogP contribution >= 0.6 is 24.0 Å². The van der Waals surface area contributed by atoms with Gasteiger partial charge in [0.1, 0.15) is 0 Å². The van der Waals surface area contributed by atoms with Gasteiger partial charge in [0.25, 0.3) is 0 Å². The Kier molecular flexibility index (Phi) is 10.7. The molecule has 0 aliphatic heterocycles. The van der Waals surface area contributed by atoms with Crippen molar-refractivity contribution in [3.63, 3.8) is 0 Å². The van der Waals surface area contributed by atoms with Crippen LogP contribution in [0.15, 0.2) is 29.5 Å². The van der Waals surface area contributed by atoms with E-state index in [9.17, 15) is 4.79 Å². The van der Waals surface area contributed by atoms with Crippen molar-refractivity contribution >= 4 is 35.8 Å². The second-order valence-corrected chi connectivity index (χ2v) is 4.65. The first-order valence-electron chi connectivity index (χ1n) is 6.96. The molecule has 0 spiro atoms. The van der Waals surface area contributed by atoms with Crippen molar-refractivity contribution in [1.29, 1.82) is 0 Å². The summed E-state index contributed by atoms with van der Waals surface area (Å²) >= 11 is 0. The maximum Gasteiger partial charge on any atom is 0.223 e. The number of guanidine groups is 1. The predicted molar refractivity (Wildman–Crippen MR) is 97.1 cm³/mol. The Hall–Kier alpha value is -1.25. The molecule has 6 nitrogen and oxygen atoms in total. The normalized spacial score (nSPS) is 10.7. The lowest BCUT2D eigenvalue weighted by Crippen LogP contribution is -2.39. The number of amides is 1. The van der Waals surface area contributed by atoms with E-state index in [4.69, 9.17) is 0 Å². The zero-order valence-electron chi connectivity index (χ0n) is 13.0. The zero-order valence-corrected chi connectivity index (χ0v) is 15.3. The molecule has 120 valence electrons. The number of hydrogen-bond acceptors (Lipinski definition) is 2. The van der Waals surface area contributed by atoms with Crippen LogP contribution in [0.2, 0.25) is 0 Å². The monoisotopic (exact) mass is 407 g/mol. The molecule has 0 fully saturated rings. The van der Waals surface area contributed by atoms with Crippen LogP contribution in [0.4, 0.5) is 0 Å². The van der Waals surface area contributed by atoms with E-state index < -0.39 is 0 Å². The second-order valence-electron chi connectivity index (χ2n) is 4.65. The summed E-state index contributed by atoms with van der Waals surface area (Å²) < 4.78 is 2.10. The van der Waals surface area contributed by atoms with Crippen LogP contribution in [0.25, 0.3) is 0 Å². The summed E-state index contributed by atoms with van der Waals surface area (Å²) in [5.74, 6) is 0.850. The fourth-order valence-electron chi connectivity index (χ4n) is 1.65. The Morgan fingerprint density at radius 2 is 1.90 bits per heavy atom. The summed E-state index contributed by atoms with van der Waals surface area (Å²) in [5.41, 5.74) is 0. The molecule has 0 aromatic carbocycles. The van der Waals surface area contributed by atoms with Crippen LogP contribution < -0.4 is 10.6 Å². The standard InChI is InChI=1S/C14H25N5O.HI/c1-4-15-14(16-8-7-13(20)18(2)3)17-9-12-19-10-5-6-11-19;/h5-6,10-11H,4,7-9,12H2,1-3H3,(H2,15,16,17);1H. The second kappa shape index (κ2) is 11.4. The van der Waals surface area contributed by atoms with E-state index in [0.29, 0.717) is 13.0 Å². The summed E-state index contributed by atoms with van der Waals surface area (Å²) in [5, 5.41) is 6.43. The van der Waals surface area contributed by atoms with Gasteiger partial charge in [-0.15, -0.1) is 24.0 Å². The lowest BCUT2D eigenvalue weighted by Gasteiger charge is -2.12. The van der Waals surface area contributed by atoms with E-state index in [1.165, 1.54) is 0 Å². The van der Waals surface area contributed by atoms with Gasteiger partial charge in [0.2, 0.25) is 5.91 Å². The molecule has 1 aromatic rings. The van der Waals surface area contributed by atoms with Crippen molar-refractivity contribution in [3.8, 4) is 0 Å². The van der Waals surface area contributed by atoms with Gasteiger partial charge in [-0.1, -0.05) is 0 Å². The minimum absolute atomic E-state index is 0. The third kappa shape index (κ3) is 8.59. The molecule has 1 amide bonds. The highest BCUT2D eigenvalue weighted by atomic mass is 127. The van der Waals surface area contributed by atoms with E-state index >= 15 is 0 Å². The molecule has 0 unspecified atom stereocenters. The molecule has 0 saturated carbocycles. The van der Waals surface area contributed by atoms with Gasteiger partial charge in [-0.05, 0) is 19.1 Å². The van der Waals surface area contributed by atoms with Crippen molar-refractivity contribution in [3.05, 3.63) is 24.5 Å². The number of carbonyl (C=O) groups is 1. The maximum absolute atomic E-state index is 11.5. The van der Waals surface area contributed by atoms with Crippen molar-refractivity contribution in [2.24, 2.45) is 4.99 Å². The van der Waals surface area contributed by atoms with Gasteiger partial charge < -0.3 is 20.1 Å². The van der Waals surface area contributed by atoms with E-state index in [-0.39, 0.29) is 29.9 Å². The first-order valence-corrected chi connectivity index (χ1v) is 6.96. The summed E-state index contributed by atoms with van der Waals surface area (Å²) in [4.78, 5) is 17.4. The lowest BCUT2D eigenvalue weighted by atomic mass is 10.4. The minimum Gasteiger partial charge on any atom is -0.357 e. The Morgan fingerprint density at radius 1 is 1.24 bits per heavy atom. The average molecular weight is 407 g/mol. The Bertz CT molecular complexity index is 417. The molecule has 0 aliphatic carbocycles. The molecule has 0 radical (unpaired) electrons. The van der Waals surface area contributed by atoms with Gasteiger partial charge in [0.15, 0.2) is 5.96 Å². The Balaban J connectivity index is 0.00000400. The highest BCUT2D eigenvalue weighted by Gasteiger charge is 2.03. The molecule has 0 atom stereocenters. The number of halogens is 1. The van der Waals surface area contributed by atoms with Crippen LogP contribution in [0.1, 0.15) is 13.3 Å². The van der Waals surface area contributed by atoms with Crippen molar-refractivity contribution < 1.29 is 4.79 Å². The number of aromatic nitrogens is 1. The molecular weight excluding hydrogens is 381 g/mol. The summed E-state index contributed by atoms with van der Waals surface area (Å²) in [6.45, 7) is 5.00. The summed E-state index contributed by atoms with van der Waals surface area (Å²) in [6, 6.07) is 4.01. The third-order valence-corrected chi connectivity index (χ3v) is 2.77. The van der Waals surface area contributed by atoms with Crippen LogP contribution in [0.5, 0.6) is 0 Å². The van der Waals surface area contributed by atoms with Crippen LogP contribution in [0.3, 0.4) is 0 Å². The molecular formula is C14H26IN5O. The zero-order chi connectivity index (χ0) is 14.8. The number of nitrogens with zero attached hydrogens (tertiary/aromatic N) is 3. The SMILES string of the molecule is CCNC(=NCCC(=O)N(C)C)NCCn1cccc1.I. The molecule has 0 bridgehead atoms. The number of hydrogen-bond donors (Lipinski definition) is 2. The first-order chi connectivity index (χ1) is 9.63. The summed E-state index contributed by atoms with van der Waals surface area (Å²) in [6.07, 6.45) is 4.49. The molecule has 7 heteroatoms. The lowest BCUT2D eigenvalue weighted by molar-refractivity contribution is -0.128. The van der Waals surface area contributed by atoms with Gasteiger partial charge in [0.05, 0.1) is 6.54 Å². The predicted octanol–water partition coefficient (Wildman–Crippen LogP) is 1.14. The maximum atomic E-state index is 11.5. The molecule has 0 aliphatic rings. The van der Waals surface area contributed by atoms with E-state index in [1.54, 1.807) is 19.0 Å². The topological polar surface area (TPSA) is 61.7 Å². The fourth-order valence-corrected chi connectivity index (χ4v) is 1.65. The molecule has 2 N–H and O–H groups in total. The highest BCUT2D eigenvalue weighted by molar-refractivity contribution is 14.0. The molecule has 0 saturated heterocycles. The van der Waals surface area contributed by atoms with Gasteiger partial charge in [-0.3, -0.25) is 9.79 Å². The molecule has 1 aromatic heterocycles. The molecule has 1 rings (SSSR count). The van der Waals surface area contributed by atoms with E-state index in [0.717, 1.165) is 25.6 Å². The van der Waals surface area contributed by atoms with Crippen molar-refractivity contribution in [2.75, 3.05) is 33.7 Å². The van der Waals surface area contributed by atoms with Gasteiger partial charge in [-0.25, -0.2) is 0 Å². The van der Waals surface area contributed by atoms with Crippen molar-refractivity contribution in [1.82, 2.24) is 20.1 Å². The number of nitrogens with one attached hydrogen (secondary N) is 2. The molecule has 1 heterocycles. The number of rotatable bonds is 7. The average Bonchev–Trinajstić information content (AvgIpc) is 2.91.